The number of nitrogens with zero attached hydrogens (tertiary/aromatic N) is 3. The van der Waals surface area contributed by atoms with Crippen molar-refractivity contribution >= 4 is 85.2 Å². The van der Waals surface area contributed by atoms with E-state index in [9.17, 15) is 59.1 Å². The Morgan fingerprint density at radius 2 is 0.799 bits per heavy atom. The number of esters is 2. The minimum atomic E-state index is -1.51. The number of amides is 5. The summed E-state index contributed by atoms with van der Waals surface area (Å²) in [5, 5.41) is 66.2. The lowest BCUT2D eigenvalue weighted by atomic mass is 9.66. The van der Waals surface area contributed by atoms with Gasteiger partial charge in [-0.1, -0.05) is 232 Å². The van der Waals surface area contributed by atoms with Crippen LogP contribution in [0.1, 0.15) is 139 Å². The summed E-state index contributed by atoms with van der Waals surface area (Å²) in [6.07, 6.45) is -6.93. The Labute approximate surface area is 868 Å². The van der Waals surface area contributed by atoms with E-state index >= 15 is 0 Å². The first-order valence-electron chi connectivity index (χ1n) is 49.6. The van der Waals surface area contributed by atoms with Crippen molar-refractivity contribution < 1.29 is 125 Å². The monoisotopic (exact) mass is 2090 g/mol. The molecule has 144 heavy (non-hydrogen) atoms. The number of methoxy groups -OCH3 is 2. The lowest BCUT2D eigenvalue weighted by Gasteiger charge is -2.47. The van der Waals surface area contributed by atoms with Crippen molar-refractivity contribution in [3.63, 3.8) is 0 Å². The van der Waals surface area contributed by atoms with Gasteiger partial charge >= 0.3 is 30.2 Å². The Kier molecular flexibility index (Phi) is 66.1. The van der Waals surface area contributed by atoms with Crippen LogP contribution in [0.5, 0.6) is 0 Å². The molecule has 6 aromatic rings. The smallest absolute Gasteiger partial charge is 0.407 e. The average Bonchev–Trinajstić information content (AvgIpc) is 0.758. The molecule has 6 aromatic carbocycles. The molecular formula is C106H162N8O26S4. The van der Waals surface area contributed by atoms with Gasteiger partial charge in [0.15, 0.2) is 12.6 Å². The fourth-order valence-corrected chi connectivity index (χ4v) is 19.5. The summed E-state index contributed by atoms with van der Waals surface area (Å²) in [5.41, 5.74) is 6.21. The number of aliphatic hydroxyl groups is 5. The lowest BCUT2D eigenvalue weighted by Crippen LogP contribution is -2.64. The largest absolute Gasteiger partial charge is 0.466 e. The number of benzene rings is 6. The minimum Gasteiger partial charge on any atom is -0.466 e. The van der Waals surface area contributed by atoms with E-state index in [1.54, 1.807) is 43.2 Å². The van der Waals surface area contributed by atoms with Gasteiger partial charge in [-0.15, -0.1) is 0 Å². The van der Waals surface area contributed by atoms with Crippen molar-refractivity contribution in [2.24, 2.45) is 5.92 Å². The second kappa shape index (κ2) is 75.4. The molecule has 806 valence electrons. The molecule has 0 aliphatic carbocycles. The highest BCUT2D eigenvalue weighted by atomic mass is 33.1. The van der Waals surface area contributed by atoms with Gasteiger partial charge in [0.25, 0.3) is 0 Å². The predicted molar refractivity (Wildman–Crippen MR) is 565 cm³/mol. The summed E-state index contributed by atoms with van der Waals surface area (Å²) >= 11 is 0. The van der Waals surface area contributed by atoms with Crippen LogP contribution >= 0.6 is 43.2 Å². The van der Waals surface area contributed by atoms with Gasteiger partial charge in [0.1, 0.15) is 49.8 Å². The quantitative estimate of drug-likeness (QED) is 0.00557. The van der Waals surface area contributed by atoms with E-state index in [0.717, 1.165) is 48.9 Å². The molecule has 0 saturated carbocycles. The first kappa shape index (κ1) is 126. The zero-order valence-corrected chi connectivity index (χ0v) is 89.6. The summed E-state index contributed by atoms with van der Waals surface area (Å²) < 4.78 is 75.2. The Hall–Kier alpha value is -8.27. The molecule has 6 saturated heterocycles. The number of nitrogens with one attached hydrogen (secondary N) is 5. The molecular weight excluding hydrogens is 1930 g/mol. The highest BCUT2D eigenvalue weighted by molar-refractivity contribution is 8.77. The van der Waals surface area contributed by atoms with Crippen LogP contribution in [-0.2, 0) is 96.3 Å². The standard InChI is InChI=1S/C43H61NO8S2.C30H35NO3S2.C21H38N2O11.2C6H14N2O2/c1-5-47-26-28-49-36(3)33-52-37(4)34-51-35(2)32-48-27-29-50-42(46)22-15-30-53-54-31-25-44-41(45)23-24-43(38-16-9-6-10-17-38,39-18-11-7-12-19-39)40-20-13-8-14-21-40;1-2-34-29(33)19-12-23-35-36-24-22-31-28(32)20-21-30(25-13-6-3-7-14-25,26-15-8-4-9-16-26)27-17-10-5-11-18-27;1-23(2)7-6-22-21(29)31-10-13-11-5-3-4-8-30-19-17(28)15(26)18(12(9-24)32-19)34-20(33-13)16(27)14(11)25;2*1-8(2)5-4-7-6(9)10-3/h6-14,16-21,35-37H,5,15,22-34H2,1-4H3,(H,44,45);3-11,13-18H,2,12,19-24H2,1H3,(H,31,32);11-20,24-28H,3-10H2,1-2H3,(H,22,29);2*4-5H2,1-3H3,(H,7,9)/t;;11-,12?,13?,14+,15-,16?,17?,18-,19-,20+;;/m..1../s1. The highest BCUT2D eigenvalue weighted by Crippen LogP contribution is 2.45. The van der Waals surface area contributed by atoms with E-state index < -0.39 is 84.8 Å². The number of carbonyl (C=O) groups is 7. The van der Waals surface area contributed by atoms with E-state index in [1.165, 1.54) is 47.6 Å². The predicted octanol–water partition coefficient (Wildman–Crippen LogP) is 11.7. The molecule has 6 aliphatic heterocycles. The molecule has 0 aromatic heterocycles. The van der Waals surface area contributed by atoms with Crippen molar-refractivity contribution in [1.82, 2.24) is 41.3 Å². The van der Waals surface area contributed by atoms with E-state index in [0.29, 0.717) is 150 Å². The summed E-state index contributed by atoms with van der Waals surface area (Å²) in [4.78, 5) is 88.3. The van der Waals surface area contributed by atoms with Crippen LogP contribution in [0.3, 0.4) is 0 Å². The Morgan fingerprint density at radius 3 is 1.21 bits per heavy atom. The molecule has 34 nitrogen and oxygen atoms in total. The maximum Gasteiger partial charge on any atom is 0.407 e. The number of hydrogen-bond donors (Lipinski definition) is 10. The lowest BCUT2D eigenvalue weighted by molar-refractivity contribution is -0.357. The third-order valence-corrected chi connectivity index (χ3v) is 28.1. The van der Waals surface area contributed by atoms with Gasteiger partial charge in [0.05, 0.1) is 91.5 Å². The molecule has 7 unspecified atom stereocenters. The number of carbonyl (C=O) groups excluding carboxylic acids is 7. The van der Waals surface area contributed by atoms with Crippen LogP contribution in [-0.4, -0.2) is 367 Å². The van der Waals surface area contributed by atoms with Crippen molar-refractivity contribution in [2.75, 3.05) is 211 Å². The van der Waals surface area contributed by atoms with Gasteiger partial charge in [-0.2, -0.15) is 0 Å². The van der Waals surface area contributed by atoms with Crippen LogP contribution in [0.2, 0.25) is 0 Å². The second-order valence-corrected chi connectivity index (χ2v) is 40.5. The van der Waals surface area contributed by atoms with Gasteiger partial charge < -0.3 is 133 Å². The van der Waals surface area contributed by atoms with E-state index in [-0.39, 0.29) is 74.1 Å². The van der Waals surface area contributed by atoms with Crippen molar-refractivity contribution in [3.8, 4) is 0 Å². The van der Waals surface area contributed by atoms with Gasteiger partial charge in [0.2, 0.25) is 11.8 Å². The van der Waals surface area contributed by atoms with Crippen molar-refractivity contribution in [3.05, 3.63) is 215 Å². The molecule has 6 fully saturated rings. The third-order valence-electron chi connectivity index (χ3n) is 23.1. The highest BCUT2D eigenvalue weighted by Gasteiger charge is 2.52. The normalized spacial score (nSPS) is 18.8. The van der Waals surface area contributed by atoms with Crippen molar-refractivity contribution in [1.29, 1.82) is 0 Å². The van der Waals surface area contributed by atoms with Gasteiger partial charge in [-0.3, -0.25) is 19.2 Å². The second-order valence-electron chi connectivity index (χ2n) is 35.1. The number of likely N-dealkylation sites (N-methyl/N-ethyl adjacent to an activating group) is 3. The number of rotatable bonds is 57. The zero-order valence-electron chi connectivity index (χ0n) is 86.4. The maximum atomic E-state index is 13.1. The fraction of sp³-hybridized carbons (Fsp3) is 0.594. The maximum absolute atomic E-state index is 13.1. The molecule has 5 amide bonds. The summed E-state index contributed by atoms with van der Waals surface area (Å²) in [7, 11) is 21.1. The van der Waals surface area contributed by atoms with Crippen LogP contribution in [0.4, 0.5) is 14.4 Å². The molecule has 6 heterocycles. The zero-order chi connectivity index (χ0) is 105. The average molecular weight is 2090 g/mol. The molecule has 10 N–H and O–H groups in total. The molecule has 13 atom stereocenters. The first-order valence-corrected chi connectivity index (χ1v) is 54.6. The third kappa shape index (κ3) is 49.7. The topological polar surface area (TPSA) is 420 Å². The van der Waals surface area contributed by atoms with E-state index in [1.807, 2.05) is 128 Å². The number of ether oxygens (including phenoxy) is 14. The number of aliphatic hydroxyl groups excluding tert-OH is 5. The van der Waals surface area contributed by atoms with E-state index in [4.69, 9.17) is 56.8 Å². The molecule has 0 spiro atoms. The van der Waals surface area contributed by atoms with Crippen LogP contribution < -0.4 is 26.6 Å². The van der Waals surface area contributed by atoms with Crippen molar-refractivity contribution in [2.45, 2.75) is 190 Å². The SMILES string of the molecule is CCOC(=O)CCCSSCCNC(=O)CCC(c1ccccc1)(c1ccccc1)c1ccccc1.CCOCCOC(C)COC(C)COC(C)COCCOC(=O)CCCSSCCNC(=O)CCC(c1ccccc1)(c1ccccc1)c1ccccc1.CN(C)CCNC(=O)OCC1O[C@H]2O[C@@H]3C(CO)O[C@@H](OCCCC[C@H]1[C@H](O)C2O)C(O)[C@H]3O.COC(=O)NCCN(C)C.COC(=O)NCCN(C)C. The van der Waals surface area contributed by atoms with Crippen LogP contribution in [0, 0.1) is 5.92 Å². The van der Waals surface area contributed by atoms with E-state index in [2.05, 4.69) is 182 Å². The summed E-state index contributed by atoms with van der Waals surface area (Å²) in [6, 6.07) is 62.9. The number of alkyl carbamates (subject to hydrolysis) is 3. The Morgan fingerprint density at radius 1 is 0.410 bits per heavy atom. The molecule has 38 heteroatoms. The molecule has 0 radical (unpaired) electrons. The fourth-order valence-electron chi connectivity index (χ4n) is 15.5. The summed E-state index contributed by atoms with van der Waals surface area (Å²) in [5.74, 6) is 2.55. The molecule has 12 rings (SSSR count). The minimum absolute atomic E-state index is 0.00886. The van der Waals surface area contributed by atoms with Crippen LogP contribution in [0.15, 0.2) is 182 Å². The molecule has 6 aliphatic rings. The summed E-state index contributed by atoms with van der Waals surface area (Å²) in [6.45, 7) is 18.4. The molecule has 4 bridgehead atoms. The van der Waals surface area contributed by atoms with Gasteiger partial charge in [0, 0.05) is 131 Å². The Bertz CT molecular complexity index is 4140. The first-order chi connectivity index (χ1) is 69.6. The number of hydrogen-bond acceptors (Lipinski definition) is 33. The Balaban J connectivity index is 0.000000354. The van der Waals surface area contributed by atoms with Gasteiger partial charge in [-0.25, -0.2) is 14.4 Å². The van der Waals surface area contributed by atoms with Crippen LogP contribution in [0.25, 0.3) is 0 Å². The van der Waals surface area contributed by atoms with Gasteiger partial charge in [-0.05, 0) is 149 Å².